The summed E-state index contributed by atoms with van der Waals surface area (Å²) in [6, 6.07) is 5.44. The highest BCUT2D eigenvalue weighted by Gasteiger charge is 2.18. The molecule has 2 aromatic rings. The van der Waals surface area contributed by atoms with Gasteiger partial charge in [0.15, 0.2) is 11.5 Å². The summed E-state index contributed by atoms with van der Waals surface area (Å²) in [5, 5.41) is 2.64. The van der Waals surface area contributed by atoms with Crippen molar-refractivity contribution in [2.24, 2.45) is 5.73 Å². The van der Waals surface area contributed by atoms with Crippen LogP contribution in [-0.2, 0) is 0 Å². The molecule has 102 valence electrons. The molecule has 5 heteroatoms. The van der Waals surface area contributed by atoms with Crippen molar-refractivity contribution in [1.82, 2.24) is 0 Å². The molecule has 0 fully saturated rings. The third-order valence-electron chi connectivity index (χ3n) is 3.03. The van der Waals surface area contributed by atoms with Crippen LogP contribution in [0.4, 0.5) is 0 Å². The molecule has 1 aromatic heterocycles. The summed E-state index contributed by atoms with van der Waals surface area (Å²) < 4.78 is 10.6. The number of aryl methyl sites for hydroxylation is 1. The average molecular weight is 298 g/mol. The topological polar surface area (TPSA) is 44.5 Å². The van der Waals surface area contributed by atoms with Gasteiger partial charge in [0, 0.05) is 4.88 Å². The molecule has 0 radical (unpaired) electrons. The number of ether oxygens (including phenoxy) is 2. The van der Waals surface area contributed by atoms with E-state index in [1.807, 2.05) is 30.5 Å². The number of benzene rings is 1. The van der Waals surface area contributed by atoms with Crippen LogP contribution in [-0.4, -0.2) is 14.2 Å². The predicted molar refractivity (Wildman–Crippen MR) is 79.6 cm³/mol. The van der Waals surface area contributed by atoms with Crippen molar-refractivity contribution >= 4 is 22.9 Å². The molecule has 0 aliphatic heterocycles. The van der Waals surface area contributed by atoms with Gasteiger partial charge in [-0.25, -0.2) is 0 Å². The molecule has 1 heterocycles. The van der Waals surface area contributed by atoms with E-state index in [2.05, 4.69) is 0 Å². The van der Waals surface area contributed by atoms with Crippen LogP contribution in [0.1, 0.15) is 22.0 Å². The van der Waals surface area contributed by atoms with Crippen molar-refractivity contribution in [2.75, 3.05) is 14.2 Å². The van der Waals surface area contributed by atoms with Crippen molar-refractivity contribution < 1.29 is 9.47 Å². The minimum Gasteiger partial charge on any atom is -0.493 e. The molecule has 0 saturated heterocycles. The molecule has 1 aromatic carbocycles. The van der Waals surface area contributed by atoms with Crippen LogP contribution < -0.4 is 15.2 Å². The Balaban J connectivity index is 2.48. The fourth-order valence-electron chi connectivity index (χ4n) is 2.00. The lowest BCUT2D eigenvalue weighted by molar-refractivity contribution is 0.354. The SMILES string of the molecule is COc1cc(C)c(C(N)c2sccc2Cl)cc1OC. The summed E-state index contributed by atoms with van der Waals surface area (Å²) in [4.78, 5) is 0.956. The Kier molecular flexibility index (Phi) is 4.34. The number of methoxy groups -OCH3 is 2. The second-order valence-electron chi connectivity index (χ2n) is 4.17. The minimum atomic E-state index is -0.257. The summed E-state index contributed by atoms with van der Waals surface area (Å²) in [7, 11) is 3.23. The van der Waals surface area contributed by atoms with Gasteiger partial charge in [-0.3, -0.25) is 0 Å². The van der Waals surface area contributed by atoms with Gasteiger partial charge in [0.2, 0.25) is 0 Å². The number of thiophene rings is 1. The molecule has 0 spiro atoms. The zero-order chi connectivity index (χ0) is 14.0. The summed E-state index contributed by atoms with van der Waals surface area (Å²) in [6.07, 6.45) is 0. The lowest BCUT2D eigenvalue weighted by Crippen LogP contribution is -2.12. The smallest absolute Gasteiger partial charge is 0.161 e. The first-order valence-electron chi connectivity index (χ1n) is 5.79. The second-order valence-corrected chi connectivity index (χ2v) is 5.53. The van der Waals surface area contributed by atoms with Gasteiger partial charge < -0.3 is 15.2 Å². The standard InChI is InChI=1S/C14H16ClNO2S/c1-8-6-11(17-2)12(18-3)7-9(8)13(16)14-10(15)4-5-19-14/h4-7,13H,16H2,1-3H3. The molecule has 19 heavy (non-hydrogen) atoms. The average Bonchev–Trinajstić information content (AvgIpc) is 2.83. The molecule has 1 atom stereocenters. The molecule has 3 nitrogen and oxygen atoms in total. The van der Waals surface area contributed by atoms with Crippen LogP contribution in [0.5, 0.6) is 11.5 Å². The quantitative estimate of drug-likeness (QED) is 0.934. The Labute approximate surface area is 121 Å². The molecule has 0 saturated carbocycles. The van der Waals surface area contributed by atoms with E-state index in [9.17, 15) is 0 Å². The molecule has 0 bridgehead atoms. The van der Waals surface area contributed by atoms with E-state index in [-0.39, 0.29) is 6.04 Å². The van der Waals surface area contributed by atoms with Gasteiger partial charge >= 0.3 is 0 Å². The summed E-state index contributed by atoms with van der Waals surface area (Å²) >= 11 is 7.70. The highest BCUT2D eigenvalue weighted by molar-refractivity contribution is 7.10. The fourth-order valence-corrected chi connectivity index (χ4v) is 3.19. The van der Waals surface area contributed by atoms with Gasteiger partial charge in [0.1, 0.15) is 0 Å². The van der Waals surface area contributed by atoms with Crippen molar-refractivity contribution in [3.63, 3.8) is 0 Å². The molecular formula is C14H16ClNO2S. The molecule has 1 unspecified atom stereocenters. The molecular weight excluding hydrogens is 282 g/mol. The molecule has 0 aliphatic rings. The maximum absolute atomic E-state index is 6.31. The maximum Gasteiger partial charge on any atom is 0.161 e. The van der Waals surface area contributed by atoms with Crippen LogP contribution in [0.2, 0.25) is 5.02 Å². The Bertz CT molecular complexity index is 583. The largest absolute Gasteiger partial charge is 0.493 e. The third-order valence-corrected chi connectivity index (χ3v) is 4.48. The van der Waals surface area contributed by atoms with Crippen molar-refractivity contribution in [3.05, 3.63) is 44.6 Å². The van der Waals surface area contributed by atoms with Gasteiger partial charge in [0.05, 0.1) is 25.3 Å². The van der Waals surface area contributed by atoms with E-state index < -0.39 is 0 Å². The van der Waals surface area contributed by atoms with Crippen LogP contribution in [0.25, 0.3) is 0 Å². The lowest BCUT2D eigenvalue weighted by Gasteiger charge is -2.17. The van der Waals surface area contributed by atoms with Crippen molar-refractivity contribution in [1.29, 1.82) is 0 Å². The Morgan fingerprint density at radius 2 is 1.84 bits per heavy atom. The first kappa shape index (κ1) is 14.2. The highest BCUT2D eigenvalue weighted by Crippen LogP contribution is 2.37. The van der Waals surface area contributed by atoms with E-state index in [0.29, 0.717) is 16.5 Å². The molecule has 0 amide bonds. The summed E-state index contributed by atoms with van der Waals surface area (Å²) in [5.74, 6) is 1.37. The number of hydrogen-bond donors (Lipinski definition) is 1. The highest BCUT2D eigenvalue weighted by atomic mass is 35.5. The number of nitrogens with two attached hydrogens (primary N) is 1. The second kappa shape index (κ2) is 5.82. The Morgan fingerprint density at radius 3 is 2.37 bits per heavy atom. The van der Waals surface area contributed by atoms with Gasteiger partial charge in [-0.15, -0.1) is 11.3 Å². The minimum absolute atomic E-state index is 0.257. The van der Waals surface area contributed by atoms with E-state index in [1.165, 1.54) is 0 Å². The monoisotopic (exact) mass is 297 g/mol. The maximum atomic E-state index is 6.31. The normalized spacial score (nSPS) is 12.3. The number of hydrogen-bond acceptors (Lipinski definition) is 4. The predicted octanol–water partition coefficient (Wildman–Crippen LogP) is 3.78. The molecule has 2 rings (SSSR count). The van der Waals surface area contributed by atoms with Gasteiger partial charge in [-0.2, -0.15) is 0 Å². The number of rotatable bonds is 4. The van der Waals surface area contributed by atoms with Gasteiger partial charge in [-0.05, 0) is 41.6 Å². The molecule has 0 aliphatic carbocycles. The summed E-state index contributed by atoms with van der Waals surface area (Å²) in [5.41, 5.74) is 8.35. The van der Waals surface area contributed by atoms with E-state index in [0.717, 1.165) is 16.0 Å². The van der Waals surface area contributed by atoms with Gasteiger partial charge in [-0.1, -0.05) is 11.6 Å². The van der Waals surface area contributed by atoms with E-state index >= 15 is 0 Å². The third kappa shape index (κ3) is 2.71. The number of halogens is 1. The van der Waals surface area contributed by atoms with Crippen LogP contribution in [0, 0.1) is 6.92 Å². The zero-order valence-electron chi connectivity index (χ0n) is 11.1. The lowest BCUT2D eigenvalue weighted by atomic mass is 10.00. The van der Waals surface area contributed by atoms with E-state index in [4.69, 9.17) is 26.8 Å². The summed E-state index contributed by atoms with van der Waals surface area (Å²) in [6.45, 7) is 2.00. The zero-order valence-corrected chi connectivity index (χ0v) is 12.6. The molecule has 2 N–H and O–H groups in total. The Morgan fingerprint density at radius 1 is 1.21 bits per heavy atom. The van der Waals surface area contributed by atoms with Gasteiger partial charge in [0.25, 0.3) is 0 Å². The first-order chi connectivity index (χ1) is 9.08. The van der Waals surface area contributed by atoms with E-state index in [1.54, 1.807) is 25.6 Å². The first-order valence-corrected chi connectivity index (χ1v) is 7.05. The van der Waals surface area contributed by atoms with Crippen molar-refractivity contribution in [3.8, 4) is 11.5 Å². The van der Waals surface area contributed by atoms with Crippen molar-refractivity contribution in [2.45, 2.75) is 13.0 Å². The van der Waals surface area contributed by atoms with Crippen LogP contribution in [0.15, 0.2) is 23.6 Å². The Hall–Kier alpha value is -1.23. The van der Waals surface area contributed by atoms with Crippen LogP contribution >= 0.6 is 22.9 Å². The van der Waals surface area contributed by atoms with Crippen LogP contribution in [0.3, 0.4) is 0 Å². The fraction of sp³-hybridized carbons (Fsp3) is 0.286.